The van der Waals surface area contributed by atoms with Crippen LogP contribution in [0, 0.1) is 0 Å². The van der Waals surface area contributed by atoms with Crippen molar-refractivity contribution in [3.63, 3.8) is 0 Å². The fourth-order valence-electron chi connectivity index (χ4n) is 2.72. The average Bonchev–Trinajstić information content (AvgIpc) is 2.59. The summed E-state index contributed by atoms with van der Waals surface area (Å²) in [5.74, 6) is -0.597. The number of aromatic hydroxyl groups is 1. The Morgan fingerprint density at radius 2 is 2.12 bits per heavy atom. The second-order valence-corrected chi connectivity index (χ2v) is 8.68. The number of nitrogens with zero attached hydrogens (tertiary/aromatic N) is 2. The normalized spacial score (nSPS) is 13.1. The van der Waals surface area contributed by atoms with E-state index in [2.05, 4.69) is 9.88 Å². The molecule has 0 spiro atoms. The molecule has 0 amide bonds. The van der Waals surface area contributed by atoms with Crippen molar-refractivity contribution in [3.05, 3.63) is 30.5 Å². The van der Waals surface area contributed by atoms with Gasteiger partial charge in [-0.15, -0.1) is 0 Å². The number of fused-ring (bicyclic) bond motifs is 1. The molecule has 1 aromatic carbocycles. The van der Waals surface area contributed by atoms with E-state index >= 15 is 0 Å². The summed E-state index contributed by atoms with van der Waals surface area (Å²) in [5.41, 5.74) is 0.692. The van der Waals surface area contributed by atoms with E-state index in [1.807, 2.05) is 19.1 Å². The fraction of sp³-hybridized carbons (Fsp3) is 0.444. The summed E-state index contributed by atoms with van der Waals surface area (Å²) in [6.45, 7) is 4.44. The molecule has 0 bridgehead atoms. The van der Waals surface area contributed by atoms with Crippen LogP contribution in [0.5, 0.6) is 5.75 Å². The van der Waals surface area contributed by atoms with Crippen LogP contribution in [0.2, 0.25) is 4.71 Å². The van der Waals surface area contributed by atoms with Gasteiger partial charge in [0.1, 0.15) is 0 Å². The van der Waals surface area contributed by atoms with Crippen LogP contribution in [-0.4, -0.2) is 73.2 Å². The van der Waals surface area contributed by atoms with Gasteiger partial charge in [0.15, 0.2) is 0 Å². The van der Waals surface area contributed by atoms with Crippen molar-refractivity contribution in [2.45, 2.75) is 24.5 Å². The number of likely N-dealkylation sites (N-methyl/N-ethyl adjacent to an activating group) is 1. The Kier molecular flexibility index (Phi) is 7.69. The van der Waals surface area contributed by atoms with E-state index in [0.717, 1.165) is 29.2 Å². The molecular weight excluding hydrogens is 383 g/mol. The van der Waals surface area contributed by atoms with Crippen molar-refractivity contribution in [3.8, 4) is 5.75 Å². The van der Waals surface area contributed by atoms with Gasteiger partial charge in [-0.2, -0.15) is 0 Å². The number of phenols is 1. The maximum absolute atomic E-state index is 11.7. The molecule has 25 heavy (non-hydrogen) atoms. The molecule has 0 aliphatic carbocycles. The van der Waals surface area contributed by atoms with Crippen LogP contribution >= 0.6 is 0 Å². The summed E-state index contributed by atoms with van der Waals surface area (Å²) >= 11 is -0.554. The second-order valence-electron chi connectivity index (χ2n) is 5.81. The van der Waals surface area contributed by atoms with Gasteiger partial charge in [-0.25, -0.2) is 0 Å². The Bertz CT molecular complexity index is 711. The Balaban J connectivity index is 2.05. The number of aliphatic carboxylic acids is 1. The van der Waals surface area contributed by atoms with Crippen molar-refractivity contribution in [1.29, 1.82) is 0 Å². The van der Waals surface area contributed by atoms with Crippen LogP contribution in [0.25, 0.3) is 10.9 Å². The summed E-state index contributed by atoms with van der Waals surface area (Å²) in [4.78, 5) is 18.1. The molecule has 7 heteroatoms. The first-order chi connectivity index (χ1) is 12.0. The van der Waals surface area contributed by atoms with Crippen LogP contribution in [0.1, 0.15) is 19.8 Å². The first kappa shape index (κ1) is 19.7. The van der Waals surface area contributed by atoms with Crippen LogP contribution < -0.4 is 4.35 Å². The molecule has 1 heterocycles. The van der Waals surface area contributed by atoms with Crippen LogP contribution in [0.3, 0.4) is 0 Å². The van der Waals surface area contributed by atoms with Gasteiger partial charge in [0.25, 0.3) is 0 Å². The summed E-state index contributed by atoms with van der Waals surface area (Å²) < 4.78 is 0.653. The second kappa shape index (κ2) is 9.76. The van der Waals surface area contributed by atoms with Gasteiger partial charge in [0, 0.05) is 0 Å². The average molecular weight is 407 g/mol. The van der Waals surface area contributed by atoms with Crippen molar-refractivity contribution >= 4 is 37.0 Å². The minimum absolute atomic E-state index is 0.123. The third kappa shape index (κ3) is 5.70. The van der Waals surface area contributed by atoms with Gasteiger partial charge in [-0.05, 0) is 0 Å². The van der Waals surface area contributed by atoms with Gasteiger partial charge >= 0.3 is 154 Å². The molecule has 1 unspecified atom stereocenters. The number of pyridine rings is 1. The predicted octanol–water partition coefficient (Wildman–Crippen LogP) is 1.24. The molecule has 6 nitrogen and oxygen atoms in total. The molecule has 2 aromatic rings. The Labute approximate surface area is 154 Å². The Morgan fingerprint density at radius 3 is 2.80 bits per heavy atom. The fourth-order valence-corrected chi connectivity index (χ4v) is 5.32. The van der Waals surface area contributed by atoms with Gasteiger partial charge in [-0.3, -0.25) is 0 Å². The number of aromatic nitrogens is 1. The third-order valence-corrected chi connectivity index (χ3v) is 7.16. The number of aliphatic hydroxyl groups excluding tert-OH is 1. The van der Waals surface area contributed by atoms with Crippen molar-refractivity contribution < 1.29 is 20.1 Å². The van der Waals surface area contributed by atoms with Crippen LogP contribution in [0.15, 0.2) is 30.5 Å². The number of aliphatic hydroxyl groups is 1. The Morgan fingerprint density at radius 1 is 1.32 bits per heavy atom. The standard InChI is InChI=1S/C18H24AsN2O4/c1-2-21(10-11-22)9-3-4-16(18(24)25)19-15-7-8-20-17-12-13(23)5-6-14(15)17/h5-8,12,16,22-23H,2-4,9-11H2,1H3,(H,24,25). The molecule has 0 fully saturated rings. The molecule has 0 aliphatic heterocycles. The molecule has 135 valence electrons. The van der Waals surface area contributed by atoms with Gasteiger partial charge < -0.3 is 0 Å². The zero-order chi connectivity index (χ0) is 18.2. The van der Waals surface area contributed by atoms with E-state index in [1.54, 1.807) is 18.3 Å². The van der Waals surface area contributed by atoms with E-state index in [4.69, 9.17) is 5.11 Å². The zero-order valence-corrected chi connectivity index (χ0v) is 16.2. The number of carbonyl (C=O) groups is 1. The van der Waals surface area contributed by atoms with Gasteiger partial charge in [0.2, 0.25) is 0 Å². The van der Waals surface area contributed by atoms with Crippen molar-refractivity contribution in [2.24, 2.45) is 0 Å². The first-order valence-electron chi connectivity index (χ1n) is 8.39. The predicted molar refractivity (Wildman–Crippen MR) is 98.6 cm³/mol. The van der Waals surface area contributed by atoms with Crippen molar-refractivity contribution in [1.82, 2.24) is 9.88 Å². The summed E-state index contributed by atoms with van der Waals surface area (Å²) in [7, 11) is 0. The molecule has 0 aliphatic rings. The van der Waals surface area contributed by atoms with Crippen molar-refractivity contribution in [2.75, 3.05) is 26.2 Å². The number of carboxylic acids is 1. The molecule has 1 aromatic heterocycles. The molecule has 0 saturated carbocycles. The van der Waals surface area contributed by atoms with Crippen LogP contribution in [-0.2, 0) is 4.79 Å². The Hall–Kier alpha value is -1.62. The summed E-state index contributed by atoms with van der Waals surface area (Å²) in [5, 5.41) is 29.1. The minimum atomic E-state index is -0.756. The zero-order valence-electron chi connectivity index (χ0n) is 14.3. The maximum atomic E-state index is 11.7. The van der Waals surface area contributed by atoms with Gasteiger partial charge in [0.05, 0.1) is 0 Å². The van der Waals surface area contributed by atoms with E-state index in [-0.39, 0.29) is 17.1 Å². The summed E-state index contributed by atoms with van der Waals surface area (Å²) in [6, 6.07) is 6.91. The number of rotatable bonds is 10. The third-order valence-electron chi connectivity index (χ3n) is 4.10. The topological polar surface area (TPSA) is 93.9 Å². The molecule has 3 N–H and O–H groups in total. The number of hydrogen-bond acceptors (Lipinski definition) is 5. The van der Waals surface area contributed by atoms with E-state index in [0.29, 0.717) is 18.5 Å². The quantitative estimate of drug-likeness (QED) is 0.513. The molecular formula is C18H24AsN2O4. The SMILES string of the molecule is CCN(CCO)CCCC([As]c1ccnc2cc(O)ccc12)C(=O)O. The number of hydrogen-bond donors (Lipinski definition) is 3. The summed E-state index contributed by atoms with van der Waals surface area (Å²) in [6.07, 6.45) is 3.09. The first-order valence-corrected chi connectivity index (χ1v) is 10.4. The number of benzene rings is 1. The van der Waals surface area contributed by atoms with Gasteiger partial charge in [-0.1, -0.05) is 0 Å². The molecule has 2 rings (SSSR count). The molecule has 1 radical (unpaired) electrons. The monoisotopic (exact) mass is 407 g/mol. The molecule has 0 saturated heterocycles. The van der Waals surface area contributed by atoms with E-state index in [9.17, 15) is 15.0 Å². The van der Waals surface area contributed by atoms with E-state index < -0.39 is 21.7 Å². The van der Waals surface area contributed by atoms with Crippen LogP contribution in [0.4, 0.5) is 0 Å². The number of carboxylic acid groups (broad SMARTS) is 1. The molecule has 1 atom stereocenters. The number of phenolic OH excluding ortho intramolecular Hbond substituents is 1. The van der Waals surface area contributed by atoms with E-state index in [1.165, 1.54) is 0 Å².